The van der Waals surface area contributed by atoms with Gasteiger partial charge in [-0.05, 0) is 24.0 Å². The van der Waals surface area contributed by atoms with Crippen molar-refractivity contribution in [3.05, 3.63) is 53.3 Å². The summed E-state index contributed by atoms with van der Waals surface area (Å²) in [6.45, 7) is 2.29. The van der Waals surface area contributed by atoms with Crippen molar-refractivity contribution in [3.8, 4) is 11.9 Å². The minimum atomic E-state index is 0.380. The zero-order valence-electron chi connectivity index (χ0n) is 10.8. The number of pyridine rings is 1. The molecular formula is C15H11N3OS. The zero-order valence-corrected chi connectivity index (χ0v) is 11.6. The van der Waals surface area contributed by atoms with E-state index < -0.39 is 0 Å². The summed E-state index contributed by atoms with van der Waals surface area (Å²) in [6, 6.07) is 12.0. The van der Waals surface area contributed by atoms with Crippen LogP contribution in [0.25, 0.3) is 10.1 Å². The molecule has 0 spiro atoms. The zero-order chi connectivity index (χ0) is 13.9. The average molecular weight is 281 g/mol. The van der Waals surface area contributed by atoms with Crippen LogP contribution in [0.5, 0.6) is 5.88 Å². The van der Waals surface area contributed by atoms with Gasteiger partial charge in [-0.1, -0.05) is 30.3 Å². The smallest absolute Gasteiger partial charge is 0.233 e. The molecule has 0 N–H and O–H groups in total. The van der Waals surface area contributed by atoms with E-state index >= 15 is 0 Å². The molecule has 98 valence electrons. The lowest BCUT2D eigenvalue weighted by Crippen LogP contribution is -2.00. The Kier molecular flexibility index (Phi) is 3.32. The number of hydrogen-bond donors (Lipinski definition) is 0. The number of hydrogen-bond acceptors (Lipinski definition) is 5. The molecule has 0 atom stereocenters. The largest absolute Gasteiger partial charge is 0.472 e. The van der Waals surface area contributed by atoms with Gasteiger partial charge >= 0.3 is 0 Å². The van der Waals surface area contributed by atoms with Gasteiger partial charge in [0.05, 0.1) is 16.6 Å². The number of nitrogens with zero attached hydrogens (tertiary/aromatic N) is 3. The van der Waals surface area contributed by atoms with E-state index in [4.69, 9.17) is 4.74 Å². The molecule has 0 fully saturated rings. The highest BCUT2D eigenvalue weighted by Gasteiger charge is 2.15. The minimum Gasteiger partial charge on any atom is -0.472 e. The van der Waals surface area contributed by atoms with Crippen molar-refractivity contribution in [1.82, 2.24) is 9.36 Å². The third-order valence-electron chi connectivity index (χ3n) is 3.00. The molecule has 0 amide bonds. The maximum Gasteiger partial charge on any atom is 0.233 e. The van der Waals surface area contributed by atoms with Crippen LogP contribution >= 0.6 is 11.5 Å². The Labute approximate surface area is 120 Å². The van der Waals surface area contributed by atoms with Crippen molar-refractivity contribution in [2.24, 2.45) is 0 Å². The van der Waals surface area contributed by atoms with E-state index in [0.717, 1.165) is 21.3 Å². The molecule has 20 heavy (non-hydrogen) atoms. The van der Waals surface area contributed by atoms with E-state index in [1.54, 1.807) is 6.20 Å². The fourth-order valence-corrected chi connectivity index (χ4v) is 2.76. The summed E-state index contributed by atoms with van der Waals surface area (Å²) in [6.07, 6.45) is 1.74. The Morgan fingerprint density at radius 3 is 2.85 bits per heavy atom. The van der Waals surface area contributed by atoms with Crippen LogP contribution in [0.3, 0.4) is 0 Å². The quantitative estimate of drug-likeness (QED) is 0.737. The van der Waals surface area contributed by atoms with Gasteiger partial charge in [-0.2, -0.15) is 9.64 Å². The Morgan fingerprint density at radius 1 is 1.30 bits per heavy atom. The molecule has 3 aromatic rings. The predicted octanol–water partition coefficient (Wildman–Crippen LogP) is 3.45. The fraction of sp³-hybridized carbons (Fsp3) is 0.133. The lowest BCUT2D eigenvalue weighted by atomic mass is 10.2. The number of fused-ring (bicyclic) bond motifs is 1. The molecular weight excluding hydrogens is 270 g/mol. The molecule has 5 heteroatoms. The third kappa shape index (κ3) is 2.22. The molecule has 0 aliphatic rings. The molecule has 1 aromatic carbocycles. The predicted molar refractivity (Wildman–Crippen MR) is 77.6 cm³/mol. The van der Waals surface area contributed by atoms with Crippen molar-refractivity contribution in [2.45, 2.75) is 13.5 Å². The molecule has 2 heterocycles. The second-order valence-electron chi connectivity index (χ2n) is 4.33. The first-order chi connectivity index (χ1) is 9.79. The monoisotopic (exact) mass is 281 g/mol. The maximum absolute atomic E-state index is 9.33. The van der Waals surface area contributed by atoms with Crippen LogP contribution in [-0.4, -0.2) is 9.36 Å². The van der Waals surface area contributed by atoms with E-state index in [1.165, 1.54) is 11.5 Å². The van der Waals surface area contributed by atoms with E-state index in [9.17, 15) is 5.26 Å². The molecule has 3 rings (SSSR count). The van der Waals surface area contributed by atoms with Crippen LogP contribution < -0.4 is 4.74 Å². The second-order valence-corrected chi connectivity index (χ2v) is 5.13. The van der Waals surface area contributed by atoms with Gasteiger partial charge in [0.2, 0.25) is 5.88 Å². The standard InChI is InChI=1S/C15H11N3OS/c1-10-13-8-17-20-14(13)12(7-16)15(18-10)19-9-11-5-3-2-4-6-11/h2-6,8H,9H2,1H3. The topological polar surface area (TPSA) is 58.8 Å². The fourth-order valence-electron chi connectivity index (χ4n) is 1.97. The van der Waals surface area contributed by atoms with E-state index in [2.05, 4.69) is 15.4 Å². The van der Waals surface area contributed by atoms with Gasteiger partial charge in [0, 0.05) is 5.39 Å². The van der Waals surface area contributed by atoms with Crippen molar-refractivity contribution < 1.29 is 4.74 Å². The number of nitriles is 1. The van der Waals surface area contributed by atoms with Crippen molar-refractivity contribution in [2.75, 3.05) is 0 Å². The summed E-state index contributed by atoms with van der Waals surface area (Å²) in [5.74, 6) is 0.380. The van der Waals surface area contributed by atoms with Crippen LogP contribution in [0, 0.1) is 18.3 Å². The molecule has 0 saturated heterocycles. The summed E-state index contributed by atoms with van der Waals surface area (Å²) >= 11 is 1.30. The van der Waals surface area contributed by atoms with Gasteiger partial charge < -0.3 is 4.74 Å². The Balaban J connectivity index is 1.97. The van der Waals surface area contributed by atoms with Gasteiger partial charge in [0.1, 0.15) is 18.2 Å². The summed E-state index contributed by atoms with van der Waals surface area (Å²) in [7, 11) is 0. The number of aryl methyl sites for hydroxylation is 1. The molecule has 4 nitrogen and oxygen atoms in total. The van der Waals surface area contributed by atoms with Crippen LogP contribution in [0.15, 0.2) is 36.5 Å². The second kappa shape index (κ2) is 5.27. The van der Waals surface area contributed by atoms with Crippen molar-refractivity contribution in [1.29, 1.82) is 5.26 Å². The van der Waals surface area contributed by atoms with E-state index in [-0.39, 0.29) is 0 Å². The third-order valence-corrected chi connectivity index (χ3v) is 3.82. The molecule has 0 unspecified atom stereocenters. The molecule has 0 aliphatic heterocycles. The first kappa shape index (κ1) is 12.6. The van der Waals surface area contributed by atoms with Crippen molar-refractivity contribution >= 4 is 21.6 Å². The lowest BCUT2D eigenvalue weighted by Gasteiger charge is -2.08. The van der Waals surface area contributed by atoms with E-state index in [1.807, 2.05) is 37.3 Å². The normalized spacial score (nSPS) is 10.4. The van der Waals surface area contributed by atoms with E-state index in [0.29, 0.717) is 18.1 Å². The molecule has 0 saturated carbocycles. The number of rotatable bonds is 3. The van der Waals surface area contributed by atoms with Gasteiger partial charge in [-0.3, -0.25) is 0 Å². The highest BCUT2D eigenvalue weighted by Crippen LogP contribution is 2.30. The number of ether oxygens (including phenoxy) is 1. The molecule has 2 aromatic heterocycles. The summed E-state index contributed by atoms with van der Waals surface area (Å²) in [5.41, 5.74) is 2.33. The number of aromatic nitrogens is 2. The molecule has 0 bridgehead atoms. The molecule has 0 aliphatic carbocycles. The van der Waals surface area contributed by atoms with Gasteiger partial charge in [-0.15, -0.1) is 0 Å². The van der Waals surface area contributed by atoms with Crippen LogP contribution in [0.2, 0.25) is 0 Å². The Hall–Kier alpha value is -2.45. The van der Waals surface area contributed by atoms with Crippen LogP contribution in [0.1, 0.15) is 16.8 Å². The van der Waals surface area contributed by atoms with Gasteiger partial charge in [0.15, 0.2) is 0 Å². The van der Waals surface area contributed by atoms with Crippen molar-refractivity contribution in [3.63, 3.8) is 0 Å². The molecule has 0 radical (unpaired) electrons. The van der Waals surface area contributed by atoms with Gasteiger partial charge in [-0.25, -0.2) is 4.98 Å². The average Bonchev–Trinajstić information content (AvgIpc) is 2.96. The van der Waals surface area contributed by atoms with Crippen LogP contribution in [-0.2, 0) is 6.61 Å². The van der Waals surface area contributed by atoms with Crippen LogP contribution in [0.4, 0.5) is 0 Å². The summed E-state index contributed by atoms with van der Waals surface area (Å²) in [4.78, 5) is 4.38. The SMILES string of the molecule is Cc1nc(OCc2ccccc2)c(C#N)c2sncc12. The highest BCUT2D eigenvalue weighted by atomic mass is 32.1. The summed E-state index contributed by atoms with van der Waals surface area (Å²) in [5, 5.41) is 10.2. The Morgan fingerprint density at radius 2 is 2.10 bits per heavy atom. The summed E-state index contributed by atoms with van der Waals surface area (Å²) < 4.78 is 10.7. The minimum absolute atomic E-state index is 0.380. The first-order valence-corrected chi connectivity index (χ1v) is 6.88. The van der Waals surface area contributed by atoms with Gasteiger partial charge in [0.25, 0.3) is 0 Å². The number of benzene rings is 1. The first-order valence-electron chi connectivity index (χ1n) is 6.11. The lowest BCUT2D eigenvalue weighted by molar-refractivity contribution is 0.293. The maximum atomic E-state index is 9.33. The highest BCUT2D eigenvalue weighted by molar-refractivity contribution is 7.13. The Bertz CT molecular complexity index is 790.